The number of carbonyl (C=O) groups is 2. The van der Waals surface area contributed by atoms with Gasteiger partial charge in [0.05, 0.1) is 5.56 Å². The highest BCUT2D eigenvalue weighted by Gasteiger charge is 2.26. The lowest BCUT2D eigenvalue weighted by atomic mass is 9.93. The Kier molecular flexibility index (Phi) is 3.90. The van der Waals surface area contributed by atoms with Crippen molar-refractivity contribution in [3.8, 4) is 11.1 Å². The van der Waals surface area contributed by atoms with Crippen LogP contribution in [0.15, 0.2) is 42.5 Å². The van der Waals surface area contributed by atoms with Gasteiger partial charge in [-0.1, -0.05) is 18.2 Å². The molecular formula is C19H19NO3. The molecule has 0 spiro atoms. The first-order valence-corrected chi connectivity index (χ1v) is 7.74. The second kappa shape index (κ2) is 5.88. The third-order valence-corrected chi connectivity index (χ3v) is 4.42. The zero-order chi connectivity index (χ0) is 16.6. The van der Waals surface area contributed by atoms with Crippen molar-refractivity contribution in [3.63, 3.8) is 0 Å². The number of benzene rings is 2. The first-order chi connectivity index (χ1) is 11.0. The number of hydrogen-bond donors (Lipinski definition) is 1. The van der Waals surface area contributed by atoms with Gasteiger partial charge < -0.3 is 10.0 Å². The number of carboxylic acids is 1. The average Bonchev–Trinajstić information content (AvgIpc) is 2.54. The molecule has 4 heteroatoms. The number of aromatic carboxylic acids is 1. The van der Waals surface area contributed by atoms with E-state index in [2.05, 4.69) is 13.0 Å². The maximum absolute atomic E-state index is 11.9. The zero-order valence-corrected chi connectivity index (χ0v) is 13.2. The molecule has 1 N–H and O–H groups in total. The van der Waals surface area contributed by atoms with Gasteiger partial charge in [-0.2, -0.15) is 0 Å². The van der Waals surface area contributed by atoms with E-state index in [1.54, 1.807) is 19.1 Å². The van der Waals surface area contributed by atoms with Crippen molar-refractivity contribution in [1.82, 2.24) is 0 Å². The molecule has 0 saturated carbocycles. The number of rotatable bonds is 2. The molecule has 4 nitrogen and oxygen atoms in total. The van der Waals surface area contributed by atoms with Crippen LogP contribution in [0.25, 0.3) is 11.1 Å². The molecule has 2 aromatic rings. The second-order valence-electron chi connectivity index (χ2n) is 6.00. The summed E-state index contributed by atoms with van der Waals surface area (Å²) in [7, 11) is 0. The minimum absolute atomic E-state index is 0.0667. The van der Waals surface area contributed by atoms with Crippen LogP contribution < -0.4 is 4.90 Å². The van der Waals surface area contributed by atoms with Gasteiger partial charge in [-0.3, -0.25) is 4.79 Å². The van der Waals surface area contributed by atoms with Gasteiger partial charge in [0.2, 0.25) is 5.91 Å². The van der Waals surface area contributed by atoms with E-state index in [4.69, 9.17) is 5.11 Å². The molecule has 23 heavy (non-hydrogen) atoms. The number of anilines is 1. The van der Waals surface area contributed by atoms with E-state index in [0.717, 1.165) is 35.2 Å². The smallest absolute Gasteiger partial charge is 0.335 e. The lowest BCUT2D eigenvalue weighted by molar-refractivity contribution is -0.117. The highest BCUT2D eigenvalue weighted by Crippen LogP contribution is 2.34. The van der Waals surface area contributed by atoms with Crippen LogP contribution in [-0.4, -0.2) is 23.0 Å². The number of carbonyl (C=O) groups excluding carboxylic acids is 1. The zero-order valence-electron chi connectivity index (χ0n) is 13.2. The van der Waals surface area contributed by atoms with Crippen LogP contribution in [-0.2, 0) is 11.2 Å². The summed E-state index contributed by atoms with van der Waals surface area (Å²) in [4.78, 5) is 24.7. The summed E-state index contributed by atoms with van der Waals surface area (Å²) in [6.07, 6.45) is 1.90. The Morgan fingerprint density at radius 3 is 2.35 bits per heavy atom. The molecule has 1 unspecified atom stereocenters. The molecule has 1 aliphatic heterocycles. The van der Waals surface area contributed by atoms with Gasteiger partial charge in [-0.15, -0.1) is 0 Å². The topological polar surface area (TPSA) is 57.6 Å². The van der Waals surface area contributed by atoms with E-state index < -0.39 is 5.97 Å². The Morgan fingerprint density at radius 1 is 1.09 bits per heavy atom. The predicted molar refractivity (Wildman–Crippen MR) is 89.8 cm³/mol. The van der Waals surface area contributed by atoms with Gasteiger partial charge >= 0.3 is 5.97 Å². The molecule has 0 bridgehead atoms. The van der Waals surface area contributed by atoms with Crippen LogP contribution in [0.4, 0.5) is 5.69 Å². The number of aryl methyl sites for hydroxylation is 1. The molecule has 0 radical (unpaired) electrons. The van der Waals surface area contributed by atoms with Crippen molar-refractivity contribution in [2.24, 2.45) is 0 Å². The summed E-state index contributed by atoms with van der Waals surface area (Å²) in [6.45, 7) is 3.67. The van der Waals surface area contributed by atoms with Crippen molar-refractivity contribution in [1.29, 1.82) is 0 Å². The van der Waals surface area contributed by atoms with Crippen molar-refractivity contribution in [2.75, 3.05) is 4.90 Å². The largest absolute Gasteiger partial charge is 0.478 e. The summed E-state index contributed by atoms with van der Waals surface area (Å²) in [6, 6.07) is 13.2. The van der Waals surface area contributed by atoms with E-state index in [0.29, 0.717) is 0 Å². The summed E-state index contributed by atoms with van der Waals surface area (Å²) in [5.41, 5.74) is 4.45. The molecule has 3 rings (SSSR count). The number of hydrogen-bond acceptors (Lipinski definition) is 2. The van der Waals surface area contributed by atoms with E-state index >= 15 is 0 Å². The molecule has 2 aromatic carbocycles. The minimum Gasteiger partial charge on any atom is -0.478 e. The van der Waals surface area contributed by atoms with Gasteiger partial charge in [0.25, 0.3) is 0 Å². The van der Waals surface area contributed by atoms with Crippen molar-refractivity contribution < 1.29 is 14.7 Å². The Bertz CT molecular complexity index is 765. The van der Waals surface area contributed by atoms with Gasteiger partial charge in [-0.25, -0.2) is 4.79 Å². The summed E-state index contributed by atoms with van der Waals surface area (Å²) >= 11 is 0. The highest BCUT2D eigenvalue weighted by atomic mass is 16.4. The number of carboxylic acid groups (broad SMARTS) is 1. The van der Waals surface area contributed by atoms with Crippen LogP contribution in [0.1, 0.15) is 36.2 Å². The molecule has 0 saturated heterocycles. The van der Waals surface area contributed by atoms with Gasteiger partial charge in [0.1, 0.15) is 0 Å². The number of amides is 1. The van der Waals surface area contributed by atoms with Gasteiger partial charge in [-0.05, 0) is 60.7 Å². The van der Waals surface area contributed by atoms with E-state index in [1.807, 2.05) is 29.2 Å². The predicted octanol–water partition coefficient (Wildman–Crippen LogP) is 3.74. The molecule has 0 fully saturated rings. The van der Waals surface area contributed by atoms with Crippen LogP contribution in [0.3, 0.4) is 0 Å². The molecule has 0 aliphatic carbocycles. The fourth-order valence-corrected chi connectivity index (χ4v) is 3.22. The monoisotopic (exact) mass is 309 g/mol. The molecular weight excluding hydrogens is 290 g/mol. The van der Waals surface area contributed by atoms with Crippen molar-refractivity contribution in [2.45, 2.75) is 32.7 Å². The van der Waals surface area contributed by atoms with Crippen LogP contribution in [0.5, 0.6) is 0 Å². The quantitative estimate of drug-likeness (QED) is 0.919. The SMILES string of the molecule is CC(=O)N1c2ccc(-c3ccc(C(=O)O)cc3)cc2CCC1C. The third kappa shape index (κ3) is 2.84. The number of fused-ring (bicyclic) bond motifs is 1. The lowest BCUT2D eigenvalue weighted by Crippen LogP contribution is -2.40. The lowest BCUT2D eigenvalue weighted by Gasteiger charge is -2.34. The molecule has 1 atom stereocenters. The van der Waals surface area contributed by atoms with Crippen molar-refractivity contribution in [3.05, 3.63) is 53.6 Å². The van der Waals surface area contributed by atoms with E-state index in [1.165, 1.54) is 0 Å². The summed E-state index contributed by atoms with van der Waals surface area (Å²) < 4.78 is 0. The highest BCUT2D eigenvalue weighted by molar-refractivity contribution is 5.94. The fraction of sp³-hybridized carbons (Fsp3) is 0.263. The summed E-state index contributed by atoms with van der Waals surface area (Å²) in [5.74, 6) is -0.856. The minimum atomic E-state index is -0.923. The molecule has 1 amide bonds. The molecule has 0 aromatic heterocycles. The van der Waals surface area contributed by atoms with Crippen LogP contribution in [0, 0.1) is 0 Å². The van der Waals surface area contributed by atoms with Crippen LogP contribution in [0.2, 0.25) is 0 Å². The Hall–Kier alpha value is -2.62. The average molecular weight is 309 g/mol. The Morgan fingerprint density at radius 2 is 1.74 bits per heavy atom. The maximum atomic E-state index is 11.9. The normalized spacial score (nSPS) is 16.8. The molecule has 118 valence electrons. The summed E-state index contributed by atoms with van der Waals surface area (Å²) in [5, 5.41) is 8.97. The third-order valence-electron chi connectivity index (χ3n) is 4.42. The Balaban J connectivity index is 1.98. The van der Waals surface area contributed by atoms with E-state index in [9.17, 15) is 9.59 Å². The van der Waals surface area contributed by atoms with Crippen LogP contribution >= 0.6 is 0 Å². The maximum Gasteiger partial charge on any atom is 0.335 e. The van der Waals surface area contributed by atoms with Gasteiger partial charge in [0, 0.05) is 18.7 Å². The molecule has 1 aliphatic rings. The second-order valence-corrected chi connectivity index (χ2v) is 6.00. The first kappa shape index (κ1) is 15.3. The number of nitrogens with zero attached hydrogens (tertiary/aromatic N) is 1. The first-order valence-electron chi connectivity index (χ1n) is 7.74. The van der Waals surface area contributed by atoms with Gasteiger partial charge in [0.15, 0.2) is 0 Å². The van der Waals surface area contributed by atoms with E-state index in [-0.39, 0.29) is 17.5 Å². The van der Waals surface area contributed by atoms with Crippen molar-refractivity contribution >= 4 is 17.6 Å². The molecule has 1 heterocycles. The Labute approximate surface area is 135 Å². The fourth-order valence-electron chi connectivity index (χ4n) is 3.22. The standard InChI is InChI=1S/C19H19NO3/c1-12-3-4-17-11-16(9-10-18(17)20(12)13(2)21)14-5-7-15(8-6-14)19(22)23/h5-12H,3-4H2,1-2H3,(H,22,23).